The molecule has 2 rings (SSSR count). The van der Waals surface area contributed by atoms with Gasteiger partial charge >= 0.3 is 6.36 Å². The van der Waals surface area contributed by atoms with Crippen LogP contribution in [-0.4, -0.2) is 6.36 Å². The van der Waals surface area contributed by atoms with Gasteiger partial charge in [0.1, 0.15) is 11.6 Å². The number of alkyl halides is 3. The normalized spacial score (nSPS) is 11.3. The van der Waals surface area contributed by atoms with Gasteiger partial charge in [-0.15, -0.1) is 13.2 Å². The highest BCUT2D eigenvalue weighted by Crippen LogP contribution is 2.33. The second-order valence-corrected chi connectivity index (χ2v) is 3.46. The van der Waals surface area contributed by atoms with Crippen LogP contribution in [-0.2, 0) is 0 Å². The predicted octanol–water partition coefficient (Wildman–Crippen LogP) is 4.19. The molecule has 5 heteroatoms. The van der Waals surface area contributed by atoms with Crippen LogP contribution >= 0.6 is 0 Å². The largest absolute Gasteiger partial charge is 0.573 e. The maximum Gasteiger partial charge on any atom is 0.573 e. The van der Waals surface area contributed by atoms with Crippen molar-refractivity contribution in [3.8, 4) is 16.9 Å². The Bertz CT molecular complexity index is 531. The van der Waals surface area contributed by atoms with E-state index < -0.39 is 12.2 Å². The molecule has 2 aromatic carbocycles. The van der Waals surface area contributed by atoms with E-state index in [0.29, 0.717) is 5.56 Å². The first-order chi connectivity index (χ1) is 8.46. The molecular formula is C13H7F4O. The summed E-state index contributed by atoms with van der Waals surface area (Å²) in [4.78, 5) is 0. The second-order valence-electron chi connectivity index (χ2n) is 3.46. The Kier molecular flexibility index (Phi) is 3.23. The van der Waals surface area contributed by atoms with Crippen LogP contribution in [0, 0.1) is 11.9 Å². The van der Waals surface area contributed by atoms with Crippen LogP contribution in [0.5, 0.6) is 5.75 Å². The molecule has 1 radical (unpaired) electrons. The lowest BCUT2D eigenvalue weighted by atomic mass is 10.0. The van der Waals surface area contributed by atoms with E-state index in [0.717, 1.165) is 12.1 Å². The number of benzene rings is 2. The minimum absolute atomic E-state index is 0.134. The van der Waals surface area contributed by atoms with Gasteiger partial charge in [-0.1, -0.05) is 24.3 Å². The number of hydrogen-bond donors (Lipinski definition) is 0. The molecule has 0 spiro atoms. The molecule has 0 aliphatic carbocycles. The maximum absolute atomic E-state index is 12.8. The summed E-state index contributed by atoms with van der Waals surface area (Å²) in [5.74, 6) is -0.829. The van der Waals surface area contributed by atoms with E-state index in [2.05, 4.69) is 10.8 Å². The topological polar surface area (TPSA) is 9.23 Å². The molecule has 0 saturated heterocycles. The van der Waals surface area contributed by atoms with Gasteiger partial charge in [-0.2, -0.15) is 0 Å². The first kappa shape index (κ1) is 12.4. The van der Waals surface area contributed by atoms with Gasteiger partial charge in [-0.05, 0) is 29.8 Å². The molecule has 0 atom stereocenters. The van der Waals surface area contributed by atoms with E-state index in [1.54, 1.807) is 0 Å². The molecule has 18 heavy (non-hydrogen) atoms. The van der Waals surface area contributed by atoms with Crippen LogP contribution in [0.15, 0.2) is 42.5 Å². The minimum Gasteiger partial charge on any atom is -0.405 e. The van der Waals surface area contributed by atoms with Gasteiger partial charge < -0.3 is 4.74 Å². The van der Waals surface area contributed by atoms with Crippen LogP contribution in [0.25, 0.3) is 11.1 Å². The number of rotatable bonds is 2. The molecule has 2 aromatic rings. The lowest BCUT2D eigenvalue weighted by Gasteiger charge is -2.12. The van der Waals surface area contributed by atoms with Crippen molar-refractivity contribution < 1.29 is 22.3 Å². The van der Waals surface area contributed by atoms with Crippen molar-refractivity contribution >= 4 is 0 Å². The molecule has 0 aliphatic heterocycles. The summed E-state index contributed by atoms with van der Waals surface area (Å²) in [6.07, 6.45) is -4.77. The third-order valence-electron chi connectivity index (χ3n) is 2.18. The molecule has 0 unspecified atom stereocenters. The molecule has 0 amide bonds. The monoisotopic (exact) mass is 255 g/mol. The minimum atomic E-state index is -4.77. The number of hydrogen-bond acceptors (Lipinski definition) is 1. The summed E-state index contributed by atoms with van der Waals surface area (Å²) in [6.45, 7) is 0. The van der Waals surface area contributed by atoms with Crippen molar-refractivity contribution in [3.63, 3.8) is 0 Å². The Balaban J connectivity index is 2.41. The molecule has 0 heterocycles. The summed E-state index contributed by atoms with van der Waals surface area (Å²) in [5, 5.41) is 0. The van der Waals surface area contributed by atoms with Crippen molar-refractivity contribution in [3.05, 3.63) is 54.3 Å². The van der Waals surface area contributed by atoms with Gasteiger partial charge in [-0.3, -0.25) is 0 Å². The van der Waals surface area contributed by atoms with Crippen molar-refractivity contribution in [1.29, 1.82) is 0 Å². The zero-order chi connectivity index (χ0) is 13.2. The van der Waals surface area contributed by atoms with Crippen LogP contribution in [0.3, 0.4) is 0 Å². The standard InChI is InChI=1S/C13H7F4O/c14-10-7-5-9(6-8-10)11-3-1-2-4-12(11)18-13(15,16)17/h1-2,4-8H. The van der Waals surface area contributed by atoms with Gasteiger partial charge in [0.15, 0.2) is 0 Å². The average Bonchev–Trinajstić information content (AvgIpc) is 2.29. The van der Waals surface area contributed by atoms with Crippen LogP contribution in [0.2, 0.25) is 0 Å². The SMILES string of the molecule is Fc1ccc(-c2[c]cccc2OC(F)(F)F)cc1. The van der Waals surface area contributed by atoms with Gasteiger partial charge in [0.2, 0.25) is 0 Å². The Morgan fingerprint density at radius 1 is 1.00 bits per heavy atom. The first-order valence-corrected chi connectivity index (χ1v) is 4.98. The average molecular weight is 255 g/mol. The first-order valence-electron chi connectivity index (χ1n) is 4.98. The zero-order valence-electron chi connectivity index (χ0n) is 8.96. The van der Waals surface area contributed by atoms with Gasteiger partial charge in [0.05, 0.1) is 0 Å². The third-order valence-corrected chi connectivity index (χ3v) is 2.18. The fourth-order valence-electron chi connectivity index (χ4n) is 1.47. The Morgan fingerprint density at radius 2 is 1.67 bits per heavy atom. The Morgan fingerprint density at radius 3 is 2.28 bits per heavy atom. The fraction of sp³-hybridized carbons (Fsp3) is 0.0769. The molecule has 0 saturated carbocycles. The van der Waals surface area contributed by atoms with Crippen molar-refractivity contribution in [2.45, 2.75) is 6.36 Å². The highest BCUT2D eigenvalue weighted by Gasteiger charge is 2.32. The van der Waals surface area contributed by atoms with Crippen LogP contribution in [0.1, 0.15) is 0 Å². The summed E-state index contributed by atoms with van der Waals surface area (Å²) < 4.78 is 53.3. The highest BCUT2D eigenvalue weighted by molar-refractivity contribution is 5.69. The van der Waals surface area contributed by atoms with Gasteiger partial charge in [0.25, 0.3) is 0 Å². The second kappa shape index (κ2) is 4.68. The summed E-state index contributed by atoms with van der Waals surface area (Å²) in [6, 6.07) is 11.7. The van der Waals surface area contributed by atoms with Crippen LogP contribution in [0.4, 0.5) is 17.6 Å². The summed E-state index contributed by atoms with van der Waals surface area (Å²) >= 11 is 0. The summed E-state index contributed by atoms with van der Waals surface area (Å²) in [7, 11) is 0. The molecule has 0 aromatic heterocycles. The van der Waals surface area contributed by atoms with E-state index >= 15 is 0 Å². The lowest BCUT2D eigenvalue weighted by molar-refractivity contribution is -0.274. The highest BCUT2D eigenvalue weighted by atomic mass is 19.4. The quantitative estimate of drug-likeness (QED) is 0.731. The lowest BCUT2D eigenvalue weighted by Crippen LogP contribution is -2.17. The van der Waals surface area contributed by atoms with E-state index in [1.807, 2.05) is 0 Å². The van der Waals surface area contributed by atoms with E-state index in [1.165, 1.54) is 30.3 Å². The molecule has 0 bridgehead atoms. The number of halogens is 4. The Hall–Kier alpha value is -2.04. The molecule has 1 nitrogen and oxygen atoms in total. The molecule has 93 valence electrons. The zero-order valence-corrected chi connectivity index (χ0v) is 8.96. The maximum atomic E-state index is 12.8. The van der Waals surface area contributed by atoms with Gasteiger partial charge in [0, 0.05) is 5.56 Å². The molecular weight excluding hydrogens is 248 g/mol. The molecule has 0 fully saturated rings. The number of ether oxygens (including phenoxy) is 1. The van der Waals surface area contributed by atoms with Crippen LogP contribution < -0.4 is 4.74 Å². The van der Waals surface area contributed by atoms with E-state index in [9.17, 15) is 17.6 Å². The fourth-order valence-corrected chi connectivity index (χ4v) is 1.47. The molecule has 0 aliphatic rings. The van der Waals surface area contributed by atoms with E-state index in [-0.39, 0.29) is 11.3 Å². The smallest absolute Gasteiger partial charge is 0.405 e. The van der Waals surface area contributed by atoms with Crippen molar-refractivity contribution in [1.82, 2.24) is 0 Å². The van der Waals surface area contributed by atoms with Crippen molar-refractivity contribution in [2.24, 2.45) is 0 Å². The summed E-state index contributed by atoms with van der Waals surface area (Å²) in [5.41, 5.74) is 0.533. The van der Waals surface area contributed by atoms with Crippen molar-refractivity contribution in [2.75, 3.05) is 0 Å². The molecule has 0 N–H and O–H groups in total. The van der Waals surface area contributed by atoms with E-state index in [4.69, 9.17) is 0 Å². The Labute approximate surface area is 101 Å². The van der Waals surface area contributed by atoms with Gasteiger partial charge in [-0.25, -0.2) is 4.39 Å². The third kappa shape index (κ3) is 3.00. The predicted molar refractivity (Wildman–Crippen MR) is 57.4 cm³/mol.